The number of hydrogen-bond donors (Lipinski definition) is 0. The molecule has 0 unspecified atom stereocenters. The first-order valence-corrected chi connectivity index (χ1v) is 3.90. The van der Waals surface area contributed by atoms with Crippen LogP contribution in [0.25, 0.3) is 0 Å². The Labute approximate surface area is 98.4 Å². The molecule has 1 saturated heterocycles. The fourth-order valence-electron chi connectivity index (χ4n) is 0.752. The van der Waals surface area contributed by atoms with Crippen molar-refractivity contribution in [3.8, 4) is 0 Å². The Hall–Kier alpha value is -0.500. The lowest BCUT2D eigenvalue weighted by molar-refractivity contribution is 0.949. The molecule has 0 spiro atoms. The average Bonchev–Trinajstić information content (AvgIpc) is 2.52. The number of anilines is 1. The van der Waals surface area contributed by atoms with Gasteiger partial charge in [0.2, 0.25) is 0 Å². The molecule has 0 aliphatic carbocycles. The van der Waals surface area contributed by atoms with Crippen molar-refractivity contribution >= 4 is 21.6 Å². The smallest absolute Gasteiger partial charge is 0.0645 e. The number of halogens is 1. The highest BCUT2D eigenvalue weighted by Crippen LogP contribution is 2.28. The van der Waals surface area contributed by atoms with Gasteiger partial charge in [0.25, 0.3) is 0 Å². The molecule has 12 heavy (non-hydrogen) atoms. The first-order valence-electron chi connectivity index (χ1n) is 9.11. The monoisotopic (exact) mass is 237 g/mol. The molecule has 1 heterocycles. The zero-order valence-corrected chi connectivity index (χ0v) is 7.41. The van der Waals surface area contributed by atoms with Crippen molar-refractivity contribution in [2.45, 2.75) is 12.7 Å². The van der Waals surface area contributed by atoms with Gasteiger partial charge in [0.05, 0.1) is 11.2 Å². The van der Waals surface area contributed by atoms with Crippen LogP contribution in [0, 0.1) is 0 Å². The molecule has 1 fully saturated rings. The zero-order valence-electron chi connectivity index (χ0n) is 17.8. The molecule has 0 aromatic heterocycles. The van der Waals surface area contributed by atoms with Gasteiger partial charge in [-0.3, -0.25) is 0 Å². The highest BCUT2D eigenvalue weighted by atomic mass is 79.9. The van der Waals surface area contributed by atoms with Crippen molar-refractivity contribution in [2.24, 2.45) is 0 Å². The minimum absolute atomic E-state index is 0.113. The van der Waals surface area contributed by atoms with E-state index in [4.69, 9.17) is 16.4 Å². The molecule has 2 rings (SSSR count). The van der Waals surface area contributed by atoms with Crippen molar-refractivity contribution < 1.29 is 16.4 Å². The maximum atomic E-state index is 7.95. The molecule has 0 amide bonds. The van der Waals surface area contributed by atoms with E-state index in [0.717, 1.165) is 0 Å². The summed E-state index contributed by atoms with van der Waals surface area (Å²) in [5.74, 6) is 0. The van der Waals surface area contributed by atoms with Crippen molar-refractivity contribution in [2.75, 3.05) is 17.9 Å². The third kappa shape index (κ3) is 1.48. The Morgan fingerprint density at radius 1 is 1.33 bits per heavy atom. The Morgan fingerprint density at radius 2 is 2.00 bits per heavy atom. The second kappa shape index (κ2) is 3.48. The van der Waals surface area contributed by atoms with Gasteiger partial charge in [-0.1, -0.05) is 12.1 Å². The van der Waals surface area contributed by atoms with Crippen molar-refractivity contribution in [3.63, 3.8) is 0 Å². The first-order chi connectivity index (χ1) is 10.5. The Morgan fingerprint density at radius 3 is 2.75 bits per heavy atom. The van der Waals surface area contributed by atoms with Crippen LogP contribution in [-0.2, 0) is 0 Å². The molecule has 1 aromatic carbocycles. The van der Waals surface area contributed by atoms with E-state index in [1.54, 1.807) is 0 Å². The summed E-state index contributed by atoms with van der Waals surface area (Å²) in [7, 11) is 0. The number of rotatable bonds is 1. The average molecular weight is 238 g/mol. The minimum Gasteiger partial charge on any atom is -0.371 e. The summed E-state index contributed by atoms with van der Waals surface area (Å²) >= 11 is 2.87. The molecular formula is C10H12BrN. The lowest BCUT2D eigenvalue weighted by atomic mass is 10.3. The predicted octanol–water partition coefficient (Wildman–Crippen LogP) is 3.05. The van der Waals surface area contributed by atoms with Gasteiger partial charge in [-0.25, -0.2) is 0 Å². The van der Waals surface area contributed by atoms with E-state index in [9.17, 15) is 0 Å². The SMILES string of the molecule is [2H]c1c([2H])c([2H])c(N2C([2H])([2H])C([2H])([2H])C([2H])([2H])C2([2H])[2H])c(Br)c1[2H]. The maximum Gasteiger partial charge on any atom is 0.0645 e. The molecule has 64 valence electrons. The molecule has 1 aliphatic rings. The molecule has 0 bridgehead atoms. The van der Waals surface area contributed by atoms with Gasteiger partial charge in [0, 0.05) is 28.4 Å². The van der Waals surface area contributed by atoms with Crippen molar-refractivity contribution in [3.05, 3.63) is 28.6 Å². The molecule has 0 atom stereocenters. The van der Waals surface area contributed by atoms with E-state index in [1.165, 1.54) is 0 Å². The molecule has 1 aromatic rings. The van der Waals surface area contributed by atoms with E-state index in [-0.39, 0.29) is 9.37 Å². The summed E-state index contributed by atoms with van der Waals surface area (Å²) in [6.45, 7) is -6.44. The van der Waals surface area contributed by atoms with Crippen LogP contribution in [-0.4, -0.2) is 13.0 Å². The van der Waals surface area contributed by atoms with Crippen molar-refractivity contribution in [1.29, 1.82) is 0 Å². The van der Waals surface area contributed by atoms with E-state index in [2.05, 4.69) is 15.9 Å². The largest absolute Gasteiger partial charge is 0.371 e. The molecule has 1 aliphatic heterocycles. The number of nitrogens with zero attached hydrogens (tertiary/aromatic N) is 1. The number of hydrogen-bond acceptors (Lipinski definition) is 1. The van der Waals surface area contributed by atoms with Crippen molar-refractivity contribution in [1.82, 2.24) is 0 Å². The van der Waals surface area contributed by atoms with Crippen LogP contribution < -0.4 is 4.90 Å². The molecule has 1 nitrogen and oxygen atoms in total. The third-order valence-corrected chi connectivity index (χ3v) is 1.82. The van der Waals surface area contributed by atoms with Crippen LogP contribution in [0.5, 0.6) is 0 Å². The topological polar surface area (TPSA) is 3.24 Å². The van der Waals surface area contributed by atoms with Crippen LogP contribution in [0.15, 0.2) is 28.6 Å². The summed E-state index contributed by atoms with van der Waals surface area (Å²) in [5, 5.41) is 0. The molecular weight excluding hydrogens is 214 g/mol. The van der Waals surface area contributed by atoms with Gasteiger partial charge in [-0.05, 0) is 40.8 Å². The summed E-state index contributed by atoms with van der Waals surface area (Å²) < 4.78 is 93.3. The highest BCUT2D eigenvalue weighted by molar-refractivity contribution is 9.10. The third-order valence-electron chi connectivity index (χ3n) is 1.25. The van der Waals surface area contributed by atoms with Gasteiger partial charge in [0.15, 0.2) is 0 Å². The Balaban J connectivity index is 2.92. The first kappa shape index (κ1) is 2.11. The molecule has 2 heteroatoms. The van der Waals surface area contributed by atoms with E-state index in [0.29, 0.717) is 0 Å². The molecule has 0 N–H and O–H groups in total. The highest BCUT2D eigenvalue weighted by Gasteiger charge is 2.13. The summed E-state index contributed by atoms with van der Waals surface area (Å²) in [5.41, 5.74) is -0.679. The summed E-state index contributed by atoms with van der Waals surface area (Å²) in [6, 6.07) is -2.81. The van der Waals surface area contributed by atoms with Crippen LogP contribution in [0.2, 0.25) is 0 Å². The lowest BCUT2D eigenvalue weighted by Gasteiger charge is -2.18. The van der Waals surface area contributed by atoms with Crippen LogP contribution in [0.3, 0.4) is 0 Å². The van der Waals surface area contributed by atoms with Gasteiger partial charge >= 0.3 is 0 Å². The van der Waals surface area contributed by atoms with Crippen LogP contribution in [0.4, 0.5) is 5.69 Å². The number of para-hydroxylation sites is 1. The standard InChI is InChI=1S/C10H12BrN/c11-9-5-1-2-6-10(9)12-7-3-4-8-12/h1-2,5-6H,3-4,7-8H2/i1D,2D,3D2,4D2,5D,6D,7D2,8D2. The fraction of sp³-hybridized carbons (Fsp3) is 0.400. The second-order valence-electron chi connectivity index (χ2n) is 1.97. The maximum absolute atomic E-state index is 7.95. The molecule has 0 saturated carbocycles. The molecule has 0 radical (unpaired) electrons. The van der Waals surface area contributed by atoms with E-state index < -0.39 is 55.6 Å². The summed E-state index contributed by atoms with van der Waals surface area (Å²) in [4.78, 5) is 0.113. The van der Waals surface area contributed by atoms with Gasteiger partial charge in [0.1, 0.15) is 0 Å². The lowest BCUT2D eigenvalue weighted by Crippen LogP contribution is -2.17. The fourth-order valence-corrected chi connectivity index (χ4v) is 1.13. The van der Waals surface area contributed by atoms with Gasteiger partial charge in [-0.2, -0.15) is 0 Å². The van der Waals surface area contributed by atoms with E-state index in [1.807, 2.05) is 0 Å². The Kier molecular flexibility index (Phi) is 0.613. The predicted molar refractivity (Wildman–Crippen MR) is 55.6 cm³/mol. The van der Waals surface area contributed by atoms with Gasteiger partial charge in [-0.15, -0.1) is 0 Å². The number of benzene rings is 1. The Bertz CT molecular complexity index is 659. The van der Waals surface area contributed by atoms with Gasteiger partial charge < -0.3 is 4.90 Å². The minimum atomic E-state index is -3.29. The zero-order chi connectivity index (χ0) is 19.0. The quantitative estimate of drug-likeness (QED) is 0.726. The normalized spacial score (nSPS) is 48.2. The second-order valence-corrected chi connectivity index (χ2v) is 2.76. The van der Waals surface area contributed by atoms with E-state index >= 15 is 0 Å². The van der Waals surface area contributed by atoms with Crippen LogP contribution >= 0.6 is 15.9 Å². The summed E-state index contributed by atoms with van der Waals surface area (Å²) in [6.07, 6.45) is -6.58. The van der Waals surface area contributed by atoms with Crippen LogP contribution in [0.1, 0.15) is 29.2 Å².